The number of rotatable bonds is 3. The van der Waals surface area contributed by atoms with Gasteiger partial charge in [0.05, 0.1) is 5.52 Å². The van der Waals surface area contributed by atoms with Crippen LogP contribution in [0.2, 0.25) is 0 Å². The van der Waals surface area contributed by atoms with Crippen molar-refractivity contribution >= 4 is 33.7 Å². The second kappa shape index (κ2) is 5.85. The number of carbonyl (C=O) groups is 2. The summed E-state index contributed by atoms with van der Waals surface area (Å²) in [4.78, 5) is 29.3. The number of carbonyl (C=O) groups excluding carboxylic acids is 2. The van der Waals surface area contributed by atoms with Gasteiger partial charge in [-0.2, -0.15) is 0 Å². The lowest BCUT2D eigenvalue weighted by Crippen LogP contribution is -2.25. The second-order valence-corrected chi connectivity index (χ2v) is 6.72. The number of hydrogen-bond donors (Lipinski definition) is 0. The first-order chi connectivity index (χ1) is 10.1. The molecule has 0 bridgehead atoms. The molecule has 1 aliphatic rings. The Labute approximate surface area is 127 Å². The lowest BCUT2D eigenvalue weighted by molar-refractivity contribution is -0.128. The van der Waals surface area contributed by atoms with Crippen LogP contribution in [0.3, 0.4) is 0 Å². The van der Waals surface area contributed by atoms with Gasteiger partial charge in [0, 0.05) is 43.3 Å². The van der Waals surface area contributed by atoms with Gasteiger partial charge in [0.1, 0.15) is 0 Å². The summed E-state index contributed by atoms with van der Waals surface area (Å²) >= 11 is 1.27. The first-order valence-corrected chi connectivity index (χ1v) is 7.78. The Morgan fingerprint density at radius 1 is 1.43 bits per heavy atom. The molecule has 1 amide bonds. The van der Waals surface area contributed by atoms with Crippen LogP contribution in [0.25, 0.3) is 10.9 Å². The van der Waals surface area contributed by atoms with Gasteiger partial charge in [-0.3, -0.25) is 14.6 Å². The molecule has 1 aliphatic heterocycles. The minimum atomic E-state index is 0.0754. The van der Waals surface area contributed by atoms with Crippen molar-refractivity contribution in [3.8, 4) is 0 Å². The quantitative estimate of drug-likeness (QED) is 0.874. The molecule has 1 saturated heterocycles. The lowest BCUT2D eigenvalue weighted by atomic mass is 10.1. The zero-order chi connectivity index (χ0) is 14.8. The summed E-state index contributed by atoms with van der Waals surface area (Å²) in [5, 5.41) is 1.25. The summed E-state index contributed by atoms with van der Waals surface area (Å²) in [5.74, 6) is 0.125. The van der Waals surface area contributed by atoms with Gasteiger partial charge in [0.25, 0.3) is 0 Å². The van der Waals surface area contributed by atoms with E-state index in [4.69, 9.17) is 0 Å². The first-order valence-electron chi connectivity index (χ1n) is 6.90. The summed E-state index contributed by atoms with van der Waals surface area (Å²) in [6.45, 7) is 2.79. The average Bonchev–Trinajstić information content (AvgIpc) is 2.77. The largest absolute Gasteiger partial charge is 0.337 e. The van der Waals surface area contributed by atoms with E-state index < -0.39 is 0 Å². The number of likely N-dealkylation sites (tertiary alicyclic amines) is 1. The molecule has 4 nitrogen and oxygen atoms in total. The van der Waals surface area contributed by atoms with Gasteiger partial charge < -0.3 is 4.90 Å². The van der Waals surface area contributed by atoms with Crippen molar-refractivity contribution in [2.75, 3.05) is 6.54 Å². The van der Waals surface area contributed by atoms with E-state index in [1.165, 1.54) is 11.8 Å². The molecule has 1 unspecified atom stereocenters. The molecule has 5 heteroatoms. The van der Waals surface area contributed by atoms with Crippen molar-refractivity contribution in [1.29, 1.82) is 0 Å². The topological polar surface area (TPSA) is 50.3 Å². The number of aromatic nitrogens is 1. The molecule has 0 radical (unpaired) electrons. The highest BCUT2D eigenvalue weighted by molar-refractivity contribution is 8.14. The number of fused-ring (bicyclic) bond motifs is 1. The Bertz CT molecular complexity index is 701. The van der Waals surface area contributed by atoms with E-state index in [2.05, 4.69) is 11.1 Å². The molecule has 1 aromatic carbocycles. The fraction of sp³-hybridized carbons (Fsp3) is 0.312. The molecule has 0 N–H and O–H groups in total. The molecule has 2 heterocycles. The van der Waals surface area contributed by atoms with Crippen molar-refractivity contribution in [2.45, 2.75) is 25.1 Å². The highest BCUT2D eigenvalue weighted by Gasteiger charge is 2.30. The monoisotopic (exact) mass is 300 g/mol. The average molecular weight is 300 g/mol. The van der Waals surface area contributed by atoms with E-state index in [-0.39, 0.29) is 16.3 Å². The maximum absolute atomic E-state index is 12.0. The summed E-state index contributed by atoms with van der Waals surface area (Å²) in [6.07, 6.45) is 2.23. The predicted molar refractivity (Wildman–Crippen MR) is 83.8 cm³/mol. The highest BCUT2D eigenvalue weighted by Crippen LogP contribution is 2.26. The van der Waals surface area contributed by atoms with Gasteiger partial charge in [0.15, 0.2) is 5.12 Å². The molecule has 1 fully saturated rings. The molecule has 3 rings (SSSR count). The maximum Gasteiger partial charge on any atom is 0.224 e. The van der Waals surface area contributed by atoms with Gasteiger partial charge in [0.2, 0.25) is 5.91 Å². The van der Waals surface area contributed by atoms with E-state index in [0.717, 1.165) is 16.5 Å². The predicted octanol–water partition coefficient (Wildman–Crippen LogP) is 2.62. The zero-order valence-electron chi connectivity index (χ0n) is 11.8. The number of nitrogens with zero attached hydrogens (tertiary/aromatic N) is 2. The second-order valence-electron chi connectivity index (χ2n) is 5.24. The Morgan fingerprint density at radius 2 is 2.29 bits per heavy atom. The van der Waals surface area contributed by atoms with E-state index in [9.17, 15) is 9.59 Å². The molecule has 0 spiro atoms. The van der Waals surface area contributed by atoms with Crippen LogP contribution >= 0.6 is 11.8 Å². The summed E-state index contributed by atoms with van der Waals surface area (Å²) in [7, 11) is 0. The van der Waals surface area contributed by atoms with Crippen molar-refractivity contribution in [3.63, 3.8) is 0 Å². The molecule has 108 valence electrons. The summed E-state index contributed by atoms with van der Waals surface area (Å²) < 4.78 is 0. The van der Waals surface area contributed by atoms with Gasteiger partial charge in [-0.25, -0.2) is 0 Å². The van der Waals surface area contributed by atoms with Crippen LogP contribution in [0.4, 0.5) is 0 Å². The summed E-state index contributed by atoms with van der Waals surface area (Å²) in [5.41, 5.74) is 2.05. The molecule has 1 atom stereocenters. The van der Waals surface area contributed by atoms with E-state index in [1.807, 2.05) is 29.2 Å². The third kappa shape index (κ3) is 3.24. The fourth-order valence-electron chi connectivity index (χ4n) is 2.65. The lowest BCUT2D eigenvalue weighted by Gasteiger charge is -2.16. The van der Waals surface area contributed by atoms with Crippen molar-refractivity contribution < 1.29 is 9.59 Å². The van der Waals surface area contributed by atoms with Gasteiger partial charge >= 0.3 is 0 Å². The number of benzene rings is 1. The van der Waals surface area contributed by atoms with Gasteiger partial charge in [-0.1, -0.05) is 23.9 Å². The van der Waals surface area contributed by atoms with E-state index >= 15 is 0 Å². The number of pyridine rings is 1. The molecule has 1 aromatic heterocycles. The Kier molecular flexibility index (Phi) is 3.92. The normalized spacial score (nSPS) is 18.4. The summed E-state index contributed by atoms with van der Waals surface area (Å²) in [6, 6.07) is 9.99. The Balaban J connectivity index is 1.73. The molecule has 0 aliphatic carbocycles. The van der Waals surface area contributed by atoms with Crippen molar-refractivity contribution in [1.82, 2.24) is 9.88 Å². The Hall–Kier alpha value is -1.88. The van der Waals surface area contributed by atoms with Crippen LogP contribution in [0, 0.1) is 0 Å². The van der Waals surface area contributed by atoms with Gasteiger partial charge in [-0.05, 0) is 23.8 Å². The van der Waals surface area contributed by atoms with Crippen LogP contribution in [-0.2, 0) is 16.1 Å². The number of amides is 1. The zero-order valence-corrected chi connectivity index (χ0v) is 12.6. The smallest absolute Gasteiger partial charge is 0.224 e. The molecule has 21 heavy (non-hydrogen) atoms. The van der Waals surface area contributed by atoms with Crippen LogP contribution in [0.15, 0.2) is 36.5 Å². The van der Waals surface area contributed by atoms with Crippen molar-refractivity contribution in [3.05, 3.63) is 42.1 Å². The standard InChI is InChI=1S/C16H16N2O2S/c1-11(19)21-14-8-16(20)18(10-14)9-12-4-5-15-13(7-12)3-2-6-17-15/h2-7,14H,8-10H2,1H3. The van der Waals surface area contributed by atoms with Crippen LogP contribution in [0.5, 0.6) is 0 Å². The molecular formula is C16H16N2O2S. The van der Waals surface area contributed by atoms with E-state index in [1.54, 1.807) is 13.1 Å². The molecular weight excluding hydrogens is 284 g/mol. The first kappa shape index (κ1) is 14.1. The number of hydrogen-bond acceptors (Lipinski definition) is 4. The van der Waals surface area contributed by atoms with Crippen LogP contribution in [-0.4, -0.2) is 32.7 Å². The van der Waals surface area contributed by atoms with Crippen LogP contribution in [0.1, 0.15) is 18.9 Å². The molecule has 2 aromatic rings. The SMILES string of the molecule is CC(=O)SC1CC(=O)N(Cc2ccc3ncccc3c2)C1. The number of thioether (sulfide) groups is 1. The van der Waals surface area contributed by atoms with E-state index in [0.29, 0.717) is 19.5 Å². The highest BCUT2D eigenvalue weighted by atomic mass is 32.2. The Morgan fingerprint density at radius 3 is 3.10 bits per heavy atom. The minimum Gasteiger partial charge on any atom is -0.337 e. The fourth-order valence-corrected chi connectivity index (χ4v) is 3.60. The molecule has 0 saturated carbocycles. The van der Waals surface area contributed by atoms with Crippen LogP contribution < -0.4 is 0 Å². The minimum absolute atomic E-state index is 0.0754. The van der Waals surface area contributed by atoms with Crippen molar-refractivity contribution in [2.24, 2.45) is 0 Å². The maximum atomic E-state index is 12.0. The third-order valence-electron chi connectivity index (χ3n) is 3.55. The van der Waals surface area contributed by atoms with Gasteiger partial charge in [-0.15, -0.1) is 0 Å². The third-order valence-corrected chi connectivity index (χ3v) is 4.53.